The van der Waals surface area contributed by atoms with Gasteiger partial charge < -0.3 is 15.4 Å². The van der Waals surface area contributed by atoms with Crippen LogP contribution in [0.2, 0.25) is 0 Å². The zero-order chi connectivity index (χ0) is 15.1. The number of hydrogen-bond donors (Lipinski definition) is 2. The summed E-state index contributed by atoms with van der Waals surface area (Å²) in [6, 6.07) is 15.0. The summed E-state index contributed by atoms with van der Waals surface area (Å²) >= 11 is 0. The summed E-state index contributed by atoms with van der Waals surface area (Å²) in [6.45, 7) is 1.96. The Morgan fingerprint density at radius 1 is 1.14 bits per heavy atom. The van der Waals surface area contributed by atoms with Gasteiger partial charge in [0, 0.05) is 6.20 Å². The largest absolute Gasteiger partial charge is 0.495 e. The predicted molar refractivity (Wildman–Crippen MR) is 85.4 cm³/mol. The molecule has 2 rings (SSSR count). The minimum atomic E-state index is -0.314. The smallest absolute Gasteiger partial charge is 0.323 e. The third kappa shape index (κ3) is 4.38. The van der Waals surface area contributed by atoms with Gasteiger partial charge in [0.05, 0.1) is 12.8 Å². The van der Waals surface area contributed by atoms with Crippen LogP contribution in [0.15, 0.2) is 54.7 Å². The van der Waals surface area contributed by atoms with Crippen LogP contribution in [0.5, 0.6) is 5.75 Å². The lowest BCUT2D eigenvalue weighted by atomic mass is 10.2. The molecular weight excluding hydrogens is 264 g/mol. The van der Waals surface area contributed by atoms with Gasteiger partial charge in [-0.25, -0.2) is 4.79 Å². The van der Waals surface area contributed by atoms with Gasteiger partial charge in [0.2, 0.25) is 0 Å². The topological polar surface area (TPSA) is 50.4 Å². The summed E-state index contributed by atoms with van der Waals surface area (Å²) in [5, 5.41) is 5.43. The monoisotopic (exact) mass is 282 g/mol. The van der Waals surface area contributed by atoms with Crippen molar-refractivity contribution in [3.8, 4) is 5.75 Å². The minimum absolute atomic E-state index is 0.314. The van der Waals surface area contributed by atoms with Crippen molar-refractivity contribution in [3.05, 3.63) is 65.9 Å². The Morgan fingerprint density at radius 3 is 2.62 bits per heavy atom. The van der Waals surface area contributed by atoms with Crippen molar-refractivity contribution in [2.24, 2.45) is 0 Å². The first kappa shape index (κ1) is 14.7. The first-order valence-electron chi connectivity index (χ1n) is 6.63. The Kier molecular flexibility index (Phi) is 4.99. The summed E-state index contributed by atoms with van der Waals surface area (Å²) in [6.07, 6.45) is 3.43. The van der Waals surface area contributed by atoms with Crippen LogP contribution in [-0.2, 0) is 0 Å². The van der Waals surface area contributed by atoms with Crippen LogP contribution < -0.4 is 15.4 Å². The van der Waals surface area contributed by atoms with E-state index in [9.17, 15) is 4.79 Å². The number of methoxy groups -OCH3 is 1. The summed E-state index contributed by atoms with van der Waals surface area (Å²) < 4.78 is 5.21. The molecule has 0 aromatic heterocycles. The predicted octanol–water partition coefficient (Wildman–Crippen LogP) is 3.80. The molecule has 21 heavy (non-hydrogen) atoms. The van der Waals surface area contributed by atoms with Crippen LogP contribution in [0.1, 0.15) is 11.1 Å². The van der Waals surface area contributed by atoms with Gasteiger partial charge >= 0.3 is 6.03 Å². The lowest BCUT2D eigenvalue weighted by Gasteiger charge is -2.10. The molecule has 2 amide bonds. The molecule has 0 unspecified atom stereocenters. The molecule has 0 fully saturated rings. The SMILES string of the molecule is COc1ccc(C)cc1NC(=O)N/C=C/c1ccccc1. The fourth-order valence-electron chi connectivity index (χ4n) is 1.86. The molecule has 0 radical (unpaired) electrons. The highest BCUT2D eigenvalue weighted by molar-refractivity contribution is 5.92. The van der Waals surface area contributed by atoms with Crippen molar-refractivity contribution in [2.75, 3.05) is 12.4 Å². The first-order valence-corrected chi connectivity index (χ1v) is 6.63. The van der Waals surface area contributed by atoms with E-state index < -0.39 is 0 Å². The Balaban J connectivity index is 1.96. The average Bonchev–Trinajstić information content (AvgIpc) is 2.48. The molecule has 0 spiro atoms. The van der Waals surface area contributed by atoms with E-state index in [0.717, 1.165) is 11.1 Å². The van der Waals surface area contributed by atoms with Crippen molar-refractivity contribution >= 4 is 17.8 Å². The normalized spacial score (nSPS) is 10.4. The Hall–Kier alpha value is -2.75. The van der Waals surface area contributed by atoms with E-state index in [-0.39, 0.29) is 6.03 Å². The molecule has 2 N–H and O–H groups in total. The minimum Gasteiger partial charge on any atom is -0.495 e. The molecule has 2 aromatic rings. The third-order valence-corrected chi connectivity index (χ3v) is 2.89. The van der Waals surface area contributed by atoms with Crippen molar-refractivity contribution in [3.63, 3.8) is 0 Å². The van der Waals surface area contributed by atoms with Gasteiger partial charge in [-0.15, -0.1) is 0 Å². The lowest BCUT2D eigenvalue weighted by molar-refractivity contribution is 0.255. The van der Waals surface area contributed by atoms with E-state index >= 15 is 0 Å². The quantitative estimate of drug-likeness (QED) is 0.896. The zero-order valence-electron chi connectivity index (χ0n) is 12.1. The van der Waals surface area contributed by atoms with Gasteiger partial charge in [0.25, 0.3) is 0 Å². The highest BCUT2D eigenvalue weighted by Crippen LogP contribution is 2.24. The van der Waals surface area contributed by atoms with E-state index in [1.807, 2.05) is 61.5 Å². The Labute approximate surface area is 124 Å². The lowest BCUT2D eigenvalue weighted by Crippen LogP contribution is -2.24. The zero-order valence-corrected chi connectivity index (χ0v) is 12.1. The van der Waals surface area contributed by atoms with Crippen LogP contribution >= 0.6 is 0 Å². The summed E-state index contributed by atoms with van der Waals surface area (Å²) in [5.41, 5.74) is 2.71. The van der Waals surface area contributed by atoms with E-state index in [2.05, 4.69) is 10.6 Å². The molecule has 0 atom stereocenters. The number of nitrogens with one attached hydrogen (secondary N) is 2. The number of anilines is 1. The standard InChI is InChI=1S/C17H18N2O2/c1-13-8-9-16(21-2)15(12-13)19-17(20)18-11-10-14-6-4-3-5-7-14/h3-12H,1-2H3,(H2,18,19,20)/b11-10+. The van der Waals surface area contributed by atoms with Gasteiger partial charge in [-0.05, 0) is 36.3 Å². The second kappa shape index (κ2) is 7.14. The van der Waals surface area contributed by atoms with Crippen molar-refractivity contribution in [1.29, 1.82) is 0 Å². The van der Waals surface area contributed by atoms with Crippen molar-refractivity contribution in [2.45, 2.75) is 6.92 Å². The number of rotatable bonds is 4. The Bertz CT molecular complexity index is 636. The molecule has 2 aromatic carbocycles. The highest BCUT2D eigenvalue weighted by atomic mass is 16.5. The maximum Gasteiger partial charge on any atom is 0.323 e. The second-order valence-corrected chi connectivity index (χ2v) is 4.55. The van der Waals surface area contributed by atoms with Crippen LogP contribution in [0.3, 0.4) is 0 Å². The van der Waals surface area contributed by atoms with Crippen molar-refractivity contribution in [1.82, 2.24) is 5.32 Å². The molecule has 0 heterocycles. The molecule has 0 aliphatic heterocycles. The molecule has 0 saturated carbocycles. The number of carbonyl (C=O) groups excluding carboxylic acids is 1. The second-order valence-electron chi connectivity index (χ2n) is 4.55. The molecule has 0 aliphatic rings. The molecule has 0 saturated heterocycles. The maximum atomic E-state index is 11.9. The fourth-order valence-corrected chi connectivity index (χ4v) is 1.86. The summed E-state index contributed by atoms with van der Waals surface area (Å²) in [5.74, 6) is 0.628. The maximum absolute atomic E-state index is 11.9. The van der Waals surface area contributed by atoms with Gasteiger partial charge in [0.1, 0.15) is 5.75 Å². The van der Waals surface area contributed by atoms with Gasteiger partial charge in [-0.1, -0.05) is 36.4 Å². The van der Waals surface area contributed by atoms with Gasteiger partial charge in [-0.2, -0.15) is 0 Å². The van der Waals surface area contributed by atoms with Gasteiger partial charge in [0.15, 0.2) is 0 Å². The molecule has 108 valence electrons. The Morgan fingerprint density at radius 2 is 1.90 bits per heavy atom. The number of amides is 2. The number of aryl methyl sites for hydroxylation is 1. The highest BCUT2D eigenvalue weighted by Gasteiger charge is 2.06. The summed E-state index contributed by atoms with van der Waals surface area (Å²) in [4.78, 5) is 11.9. The van der Waals surface area contributed by atoms with E-state index in [0.29, 0.717) is 11.4 Å². The van der Waals surface area contributed by atoms with Gasteiger partial charge in [-0.3, -0.25) is 0 Å². The molecule has 0 aliphatic carbocycles. The number of ether oxygens (including phenoxy) is 1. The van der Waals surface area contributed by atoms with Crippen LogP contribution in [0.4, 0.5) is 10.5 Å². The molecule has 4 nitrogen and oxygen atoms in total. The van der Waals surface area contributed by atoms with Crippen LogP contribution in [-0.4, -0.2) is 13.1 Å². The molecule has 4 heteroatoms. The van der Waals surface area contributed by atoms with E-state index in [1.165, 1.54) is 0 Å². The third-order valence-electron chi connectivity index (χ3n) is 2.89. The fraction of sp³-hybridized carbons (Fsp3) is 0.118. The van der Waals surface area contributed by atoms with E-state index in [4.69, 9.17) is 4.74 Å². The van der Waals surface area contributed by atoms with Crippen molar-refractivity contribution < 1.29 is 9.53 Å². The van der Waals surface area contributed by atoms with E-state index in [1.54, 1.807) is 13.3 Å². The number of carbonyl (C=O) groups is 1. The van der Waals surface area contributed by atoms with Crippen LogP contribution in [0, 0.1) is 6.92 Å². The molecular formula is C17H18N2O2. The summed E-state index contributed by atoms with van der Waals surface area (Å²) in [7, 11) is 1.57. The molecule has 0 bridgehead atoms. The number of urea groups is 1. The number of benzene rings is 2. The average molecular weight is 282 g/mol. The van der Waals surface area contributed by atoms with Crippen LogP contribution in [0.25, 0.3) is 6.08 Å². The number of hydrogen-bond acceptors (Lipinski definition) is 2. The first-order chi connectivity index (χ1) is 10.2.